The van der Waals surface area contributed by atoms with E-state index < -0.39 is 5.97 Å². The fourth-order valence-electron chi connectivity index (χ4n) is 1.57. The maximum atomic E-state index is 11.9. The molecule has 0 aliphatic carbocycles. The van der Waals surface area contributed by atoms with Crippen LogP contribution in [-0.2, 0) is 11.3 Å². The summed E-state index contributed by atoms with van der Waals surface area (Å²) in [5, 5.41) is 2.72. The van der Waals surface area contributed by atoms with E-state index in [9.17, 15) is 9.59 Å². The number of amides is 1. The van der Waals surface area contributed by atoms with Crippen molar-refractivity contribution >= 4 is 11.9 Å². The van der Waals surface area contributed by atoms with Gasteiger partial charge < -0.3 is 10.1 Å². The van der Waals surface area contributed by atoms with Crippen LogP contribution in [-0.4, -0.2) is 29.0 Å². The lowest BCUT2D eigenvalue weighted by Crippen LogP contribution is -2.24. The zero-order valence-electron chi connectivity index (χ0n) is 10.9. The molecule has 2 rings (SSSR count). The molecule has 1 amide bonds. The number of carbonyl (C=O) groups is 2. The second-order valence-corrected chi connectivity index (χ2v) is 3.95. The molecule has 1 aromatic heterocycles. The fourth-order valence-corrected chi connectivity index (χ4v) is 1.57. The summed E-state index contributed by atoms with van der Waals surface area (Å²) in [4.78, 5) is 30.8. The Hall–Kier alpha value is -2.76. The third kappa shape index (κ3) is 3.38. The van der Waals surface area contributed by atoms with E-state index >= 15 is 0 Å². The van der Waals surface area contributed by atoms with Gasteiger partial charge in [-0.2, -0.15) is 0 Å². The number of hydrogen-bond acceptors (Lipinski definition) is 5. The second-order valence-electron chi connectivity index (χ2n) is 3.95. The molecule has 2 aromatic rings. The number of carbonyl (C=O) groups excluding carboxylic acids is 2. The first-order valence-electron chi connectivity index (χ1n) is 5.93. The lowest BCUT2D eigenvalue weighted by Gasteiger charge is -2.05. The fraction of sp³-hybridized carbons (Fsp3) is 0.143. The van der Waals surface area contributed by atoms with Gasteiger partial charge in [0.2, 0.25) is 0 Å². The zero-order chi connectivity index (χ0) is 14.4. The van der Waals surface area contributed by atoms with Crippen LogP contribution in [0.2, 0.25) is 0 Å². The lowest BCUT2D eigenvalue weighted by molar-refractivity contribution is 0.0593. The highest BCUT2D eigenvalue weighted by atomic mass is 16.5. The number of nitrogens with one attached hydrogen (secondary N) is 1. The van der Waals surface area contributed by atoms with Crippen molar-refractivity contribution in [2.24, 2.45) is 0 Å². The minimum atomic E-state index is -0.607. The quantitative estimate of drug-likeness (QED) is 0.845. The molecule has 6 nitrogen and oxygen atoms in total. The minimum absolute atomic E-state index is 0.0485. The van der Waals surface area contributed by atoms with E-state index in [2.05, 4.69) is 20.0 Å². The summed E-state index contributed by atoms with van der Waals surface area (Å²) in [6.45, 7) is 0.386. The Morgan fingerprint density at radius 2 is 1.85 bits per heavy atom. The molecule has 20 heavy (non-hydrogen) atoms. The molecule has 0 radical (unpaired) electrons. The van der Waals surface area contributed by atoms with Crippen LogP contribution in [0.5, 0.6) is 0 Å². The topological polar surface area (TPSA) is 81.2 Å². The van der Waals surface area contributed by atoms with Gasteiger partial charge in [-0.05, 0) is 5.56 Å². The van der Waals surface area contributed by atoms with Crippen LogP contribution in [0, 0.1) is 0 Å². The monoisotopic (exact) mass is 271 g/mol. The molecule has 1 heterocycles. The van der Waals surface area contributed by atoms with Gasteiger partial charge in [-0.1, -0.05) is 30.3 Å². The molecule has 0 unspecified atom stereocenters. The number of rotatable bonds is 4. The van der Waals surface area contributed by atoms with Crippen LogP contribution in [0.15, 0.2) is 42.7 Å². The number of nitrogens with zero attached hydrogens (tertiary/aromatic N) is 2. The summed E-state index contributed by atoms with van der Waals surface area (Å²) < 4.78 is 4.54. The van der Waals surface area contributed by atoms with Crippen molar-refractivity contribution in [2.75, 3.05) is 7.11 Å². The highest BCUT2D eigenvalue weighted by molar-refractivity contribution is 5.95. The Bertz CT molecular complexity index is 614. The van der Waals surface area contributed by atoms with Crippen molar-refractivity contribution in [3.63, 3.8) is 0 Å². The molecule has 0 spiro atoms. The van der Waals surface area contributed by atoms with Gasteiger partial charge in [0.1, 0.15) is 12.0 Å². The Balaban J connectivity index is 2.04. The van der Waals surface area contributed by atoms with E-state index in [0.717, 1.165) is 11.9 Å². The highest BCUT2D eigenvalue weighted by Crippen LogP contribution is 2.02. The summed E-state index contributed by atoms with van der Waals surface area (Å²) >= 11 is 0. The molecule has 0 aliphatic heterocycles. The van der Waals surface area contributed by atoms with E-state index in [4.69, 9.17) is 0 Å². The van der Waals surface area contributed by atoms with Crippen molar-refractivity contribution in [3.8, 4) is 0 Å². The molecule has 0 saturated heterocycles. The Kier molecular flexibility index (Phi) is 4.39. The molecule has 0 bridgehead atoms. The molecule has 6 heteroatoms. The molecular weight excluding hydrogens is 258 g/mol. The largest absolute Gasteiger partial charge is 0.464 e. The molecule has 102 valence electrons. The van der Waals surface area contributed by atoms with Gasteiger partial charge in [0.25, 0.3) is 5.91 Å². The SMILES string of the molecule is COC(=O)c1cc(C(=O)NCc2ccccc2)ncn1. The molecule has 0 atom stereocenters. The Labute approximate surface area is 115 Å². The van der Waals surface area contributed by atoms with Crippen LogP contribution >= 0.6 is 0 Å². The van der Waals surface area contributed by atoms with E-state index in [0.29, 0.717) is 6.54 Å². The van der Waals surface area contributed by atoms with E-state index in [1.54, 1.807) is 0 Å². The van der Waals surface area contributed by atoms with Crippen molar-refractivity contribution in [3.05, 3.63) is 59.7 Å². The second kappa shape index (κ2) is 6.42. The van der Waals surface area contributed by atoms with E-state index in [1.165, 1.54) is 13.2 Å². The Morgan fingerprint density at radius 3 is 2.55 bits per heavy atom. The zero-order valence-corrected chi connectivity index (χ0v) is 10.9. The normalized spacial score (nSPS) is 9.85. The number of aromatic nitrogens is 2. The first-order chi connectivity index (χ1) is 9.70. The third-order valence-corrected chi connectivity index (χ3v) is 2.59. The summed E-state index contributed by atoms with van der Waals surface area (Å²) in [6.07, 6.45) is 1.16. The molecule has 0 fully saturated rings. The van der Waals surface area contributed by atoms with Gasteiger partial charge in [0, 0.05) is 12.6 Å². The van der Waals surface area contributed by atoms with E-state index in [-0.39, 0.29) is 17.3 Å². The number of methoxy groups -OCH3 is 1. The average molecular weight is 271 g/mol. The summed E-state index contributed by atoms with van der Waals surface area (Å²) in [5.74, 6) is -0.981. The van der Waals surface area contributed by atoms with Gasteiger partial charge in [-0.3, -0.25) is 4.79 Å². The summed E-state index contributed by atoms with van der Waals surface area (Å²) in [7, 11) is 1.25. The maximum Gasteiger partial charge on any atom is 0.356 e. The standard InChI is InChI=1S/C14H13N3O3/c1-20-14(19)12-7-11(16-9-17-12)13(18)15-8-10-5-3-2-4-6-10/h2-7,9H,8H2,1H3,(H,15,18). The molecule has 1 aromatic carbocycles. The third-order valence-electron chi connectivity index (χ3n) is 2.59. The average Bonchev–Trinajstić information content (AvgIpc) is 2.53. The van der Waals surface area contributed by atoms with Gasteiger partial charge in [-0.25, -0.2) is 14.8 Å². The van der Waals surface area contributed by atoms with Crippen molar-refractivity contribution in [1.29, 1.82) is 0 Å². The van der Waals surface area contributed by atoms with Gasteiger partial charge in [0.05, 0.1) is 7.11 Å². The van der Waals surface area contributed by atoms with E-state index in [1.807, 2.05) is 30.3 Å². The smallest absolute Gasteiger partial charge is 0.356 e. The summed E-state index contributed by atoms with van der Waals surface area (Å²) in [6, 6.07) is 10.8. The Morgan fingerprint density at radius 1 is 1.15 bits per heavy atom. The molecule has 0 aliphatic rings. The summed E-state index contributed by atoms with van der Waals surface area (Å²) in [5.41, 5.74) is 1.15. The number of hydrogen-bond donors (Lipinski definition) is 1. The highest BCUT2D eigenvalue weighted by Gasteiger charge is 2.12. The van der Waals surface area contributed by atoms with Crippen LogP contribution in [0.4, 0.5) is 0 Å². The number of ether oxygens (including phenoxy) is 1. The molecular formula is C14H13N3O3. The maximum absolute atomic E-state index is 11.9. The van der Waals surface area contributed by atoms with Gasteiger partial charge in [-0.15, -0.1) is 0 Å². The predicted octanol–water partition coefficient (Wildman–Crippen LogP) is 1.19. The minimum Gasteiger partial charge on any atom is -0.464 e. The van der Waals surface area contributed by atoms with Gasteiger partial charge in [0.15, 0.2) is 5.69 Å². The van der Waals surface area contributed by atoms with Crippen LogP contribution in [0.25, 0.3) is 0 Å². The van der Waals surface area contributed by atoms with Crippen LogP contribution in [0.3, 0.4) is 0 Å². The van der Waals surface area contributed by atoms with Crippen molar-refractivity contribution in [1.82, 2.24) is 15.3 Å². The number of benzene rings is 1. The molecule has 1 N–H and O–H groups in total. The lowest BCUT2D eigenvalue weighted by atomic mass is 10.2. The molecule has 0 saturated carbocycles. The first kappa shape index (κ1) is 13.7. The van der Waals surface area contributed by atoms with Crippen LogP contribution < -0.4 is 5.32 Å². The van der Waals surface area contributed by atoms with Gasteiger partial charge >= 0.3 is 5.97 Å². The van der Waals surface area contributed by atoms with Crippen LogP contribution in [0.1, 0.15) is 26.5 Å². The van der Waals surface area contributed by atoms with Crippen molar-refractivity contribution < 1.29 is 14.3 Å². The van der Waals surface area contributed by atoms with Crippen molar-refractivity contribution in [2.45, 2.75) is 6.54 Å². The number of esters is 1. The first-order valence-corrected chi connectivity index (χ1v) is 5.93. The predicted molar refractivity (Wildman–Crippen MR) is 71.0 cm³/mol.